The van der Waals surface area contributed by atoms with Crippen LogP contribution in [0.4, 0.5) is 0 Å². The summed E-state index contributed by atoms with van der Waals surface area (Å²) in [5.74, 6) is 1.75. The second kappa shape index (κ2) is 6.07. The molecule has 2 rings (SSSR count). The number of methoxy groups -OCH3 is 2. The molecule has 1 unspecified atom stereocenters. The van der Waals surface area contributed by atoms with E-state index in [1.165, 1.54) is 12.8 Å². The Hall–Kier alpha value is -1.26. The summed E-state index contributed by atoms with van der Waals surface area (Å²) in [7, 11) is 5.35. The summed E-state index contributed by atoms with van der Waals surface area (Å²) in [5.41, 5.74) is 1.13. The van der Waals surface area contributed by atoms with Gasteiger partial charge in [0.05, 0.1) is 14.2 Å². The van der Waals surface area contributed by atoms with Crippen molar-refractivity contribution in [2.24, 2.45) is 0 Å². The van der Waals surface area contributed by atoms with E-state index in [0.717, 1.165) is 23.6 Å². The van der Waals surface area contributed by atoms with Crippen LogP contribution in [-0.4, -0.2) is 33.9 Å². The van der Waals surface area contributed by atoms with Gasteiger partial charge in [0.1, 0.15) is 11.5 Å². The molecular weight excluding hydrogens is 228 g/mol. The lowest BCUT2D eigenvalue weighted by Gasteiger charge is -2.20. The zero-order valence-corrected chi connectivity index (χ0v) is 11.3. The monoisotopic (exact) mass is 250 g/mol. The molecule has 100 valence electrons. The Morgan fingerprint density at radius 2 is 2.06 bits per heavy atom. The topological polar surface area (TPSA) is 42.5 Å². The van der Waals surface area contributed by atoms with Crippen molar-refractivity contribution in [3.63, 3.8) is 0 Å². The maximum absolute atomic E-state index is 5.43. The minimum atomic E-state index is 0.232. The molecule has 1 aliphatic carbocycles. The lowest BCUT2D eigenvalue weighted by molar-refractivity contribution is 0.389. The quantitative estimate of drug-likeness (QED) is 0.773. The molecule has 18 heavy (non-hydrogen) atoms. The van der Waals surface area contributed by atoms with Crippen LogP contribution in [0.15, 0.2) is 18.2 Å². The average Bonchev–Trinajstić information content (AvgIpc) is 3.23. The number of rotatable bonds is 7. The first-order valence-corrected chi connectivity index (χ1v) is 6.41. The van der Waals surface area contributed by atoms with Gasteiger partial charge in [-0.25, -0.2) is 0 Å². The van der Waals surface area contributed by atoms with Crippen LogP contribution >= 0.6 is 0 Å². The van der Waals surface area contributed by atoms with Crippen molar-refractivity contribution in [2.45, 2.75) is 24.9 Å². The fraction of sp³-hybridized carbons (Fsp3) is 0.571. The molecule has 1 atom stereocenters. The predicted octanol–water partition coefficient (Wildman–Crippen LogP) is 1.72. The third kappa shape index (κ3) is 3.15. The SMILES string of the molecule is CNC(CNC1CC1)c1cc(OC)ccc1OC. The molecule has 0 spiro atoms. The average molecular weight is 250 g/mol. The Bertz CT molecular complexity index is 391. The molecule has 0 aromatic heterocycles. The minimum absolute atomic E-state index is 0.232. The van der Waals surface area contributed by atoms with Crippen LogP contribution in [0, 0.1) is 0 Å². The van der Waals surface area contributed by atoms with E-state index in [1.807, 2.05) is 25.2 Å². The number of benzene rings is 1. The van der Waals surface area contributed by atoms with Gasteiger partial charge in [-0.1, -0.05) is 0 Å². The van der Waals surface area contributed by atoms with Crippen LogP contribution in [0.1, 0.15) is 24.4 Å². The van der Waals surface area contributed by atoms with Gasteiger partial charge in [-0.05, 0) is 38.1 Å². The van der Waals surface area contributed by atoms with Gasteiger partial charge in [0.25, 0.3) is 0 Å². The fourth-order valence-corrected chi connectivity index (χ4v) is 2.05. The molecule has 0 bridgehead atoms. The maximum Gasteiger partial charge on any atom is 0.123 e. The van der Waals surface area contributed by atoms with Gasteiger partial charge in [-0.2, -0.15) is 0 Å². The molecule has 1 fully saturated rings. The fourth-order valence-electron chi connectivity index (χ4n) is 2.05. The molecule has 4 nitrogen and oxygen atoms in total. The van der Waals surface area contributed by atoms with Crippen molar-refractivity contribution in [2.75, 3.05) is 27.8 Å². The molecule has 1 aliphatic rings. The Morgan fingerprint density at radius 1 is 1.28 bits per heavy atom. The molecule has 1 aromatic carbocycles. The number of ether oxygens (including phenoxy) is 2. The highest BCUT2D eigenvalue weighted by atomic mass is 16.5. The van der Waals surface area contributed by atoms with Crippen LogP contribution in [0.2, 0.25) is 0 Å². The zero-order chi connectivity index (χ0) is 13.0. The minimum Gasteiger partial charge on any atom is -0.497 e. The molecule has 4 heteroatoms. The van der Waals surface area contributed by atoms with E-state index >= 15 is 0 Å². The number of hydrogen-bond donors (Lipinski definition) is 2. The predicted molar refractivity (Wildman–Crippen MR) is 72.4 cm³/mol. The highest BCUT2D eigenvalue weighted by Crippen LogP contribution is 2.29. The summed E-state index contributed by atoms with van der Waals surface area (Å²) in [6, 6.07) is 6.85. The van der Waals surface area contributed by atoms with Crippen LogP contribution in [0.25, 0.3) is 0 Å². The van der Waals surface area contributed by atoms with E-state index in [9.17, 15) is 0 Å². The van der Waals surface area contributed by atoms with E-state index < -0.39 is 0 Å². The summed E-state index contributed by atoms with van der Waals surface area (Å²) < 4.78 is 10.7. The van der Waals surface area contributed by atoms with Crippen LogP contribution < -0.4 is 20.1 Å². The molecule has 0 amide bonds. The number of nitrogens with one attached hydrogen (secondary N) is 2. The van der Waals surface area contributed by atoms with E-state index in [2.05, 4.69) is 10.6 Å². The third-order valence-electron chi connectivity index (χ3n) is 3.35. The van der Waals surface area contributed by atoms with Gasteiger partial charge < -0.3 is 20.1 Å². The first-order valence-electron chi connectivity index (χ1n) is 6.41. The second-order valence-corrected chi connectivity index (χ2v) is 4.63. The molecule has 0 aliphatic heterocycles. The van der Waals surface area contributed by atoms with Crippen LogP contribution in [0.5, 0.6) is 11.5 Å². The highest BCUT2D eigenvalue weighted by molar-refractivity contribution is 5.42. The molecule has 2 N–H and O–H groups in total. The molecule has 0 heterocycles. The van der Waals surface area contributed by atoms with Gasteiger partial charge in [0.15, 0.2) is 0 Å². The first-order chi connectivity index (χ1) is 8.78. The number of hydrogen-bond acceptors (Lipinski definition) is 4. The van der Waals surface area contributed by atoms with Gasteiger partial charge in [-0.15, -0.1) is 0 Å². The van der Waals surface area contributed by atoms with Gasteiger partial charge in [0, 0.05) is 24.2 Å². The third-order valence-corrected chi connectivity index (χ3v) is 3.35. The normalized spacial score (nSPS) is 16.4. The van der Waals surface area contributed by atoms with Crippen molar-refractivity contribution >= 4 is 0 Å². The summed E-state index contributed by atoms with van der Waals surface area (Å²) in [6.45, 7) is 0.907. The molecular formula is C14H22N2O2. The zero-order valence-electron chi connectivity index (χ0n) is 11.3. The van der Waals surface area contributed by atoms with Gasteiger partial charge in [0.2, 0.25) is 0 Å². The van der Waals surface area contributed by atoms with Crippen LogP contribution in [-0.2, 0) is 0 Å². The Balaban J connectivity index is 2.14. The summed E-state index contributed by atoms with van der Waals surface area (Å²) in [6.07, 6.45) is 2.59. The molecule has 1 aromatic rings. The van der Waals surface area contributed by atoms with E-state index in [1.54, 1.807) is 14.2 Å². The summed E-state index contributed by atoms with van der Waals surface area (Å²) >= 11 is 0. The molecule has 1 saturated carbocycles. The Kier molecular flexibility index (Phi) is 4.44. The standard InChI is InChI=1S/C14H22N2O2/c1-15-13(9-16-10-4-5-10)12-8-11(17-2)6-7-14(12)18-3/h6-8,10,13,15-16H,4-5,9H2,1-3H3. The van der Waals surface area contributed by atoms with E-state index in [0.29, 0.717) is 6.04 Å². The second-order valence-electron chi connectivity index (χ2n) is 4.63. The van der Waals surface area contributed by atoms with Crippen molar-refractivity contribution in [1.82, 2.24) is 10.6 Å². The summed E-state index contributed by atoms with van der Waals surface area (Å²) in [5, 5.41) is 6.87. The van der Waals surface area contributed by atoms with Crippen molar-refractivity contribution in [3.05, 3.63) is 23.8 Å². The largest absolute Gasteiger partial charge is 0.497 e. The van der Waals surface area contributed by atoms with Crippen molar-refractivity contribution in [1.29, 1.82) is 0 Å². The van der Waals surface area contributed by atoms with Crippen LogP contribution in [0.3, 0.4) is 0 Å². The highest BCUT2D eigenvalue weighted by Gasteiger charge is 2.23. The van der Waals surface area contributed by atoms with Crippen molar-refractivity contribution < 1.29 is 9.47 Å². The Labute approximate surface area is 109 Å². The van der Waals surface area contributed by atoms with Gasteiger partial charge >= 0.3 is 0 Å². The van der Waals surface area contributed by atoms with E-state index in [-0.39, 0.29) is 6.04 Å². The van der Waals surface area contributed by atoms with Crippen molar-refractivity contribution in [3.8, 4) is 11.5 Å². The molecule has 0 saturated heterocycles. The summed E-state index contributed by atoms with van der Waals surface area (Å²) in [4.78, 5) is 0. The van der Waals surface area contributed by atoms with E-state index in [4.69, 9.17) is 9.47 Å². The number of likely N-dealkylation sites (N-methyl/N-ethyl adjacent to an activating group) is 1. The van der Waals surface area contributed by atoms with Gasteiger partial charge in [-0.3, -0.25) is 0 Å². The first kappa shape index (κ1) is 13.2. The maximum atomic E-state index is 5.43. The molecule has 0 radical (unpaired) electrons. The smallest absolute Gasteiger partial charge is 0.123 e. The lowest BCUT2D eigenvalue weighted by Crippen LogP contribution is -2.31. The Morgan fingerprint density at radius 3 is 2.61 bits per heavy atom. The lowest BCUT2D eigenvalue weighted by atomic mass is 10.1.